The van der Waals surface area contributed by atoms with Crippen molar-refractivity contribution in [3.8, 4) is 5.69 Å². The van der Waals surface area contributed by atoms with Crippen LogP contribution < -0.4 is 5.56 Å². The third-order valence-corrected chi connectivity index (χ3v) is 4.74. The second-order valence-corrected chi connectivity index (χ2v) is 6.73. The van der Waals surface area contributed by atoms with Crippen molar-refractivity contribution in [1.29, 1.82) is 0 Å². The van der Waals surface area contributed by atoms with E-state index in [9.17, 15) is 9.59 Å². The molecule has 6 nitrogen and oxygen atoms in total. The molecule has 0 atom stereocenters. The predicted molar refractivity (Wildman–Crippen MR) is 109 cm³/mol. The van der Waals surface area contributed by atoms with E-state index < -0.39 is 0 Å². The molecule has 1 N–H and O–H groups in total. The molecule has 2 aromatic carbocycles. The standard InChI is InChI=1S/C22H21N3O3/c1-2-3-12-28-20(26)13-15-8-10-16(11-9-15)25-22(27)18-14-23-19-7-5-4-6-17(19)21(18)24-25/h4-11,14,24H,2-3,12-13H2,1H3. The Kier molecular flexibility index (Phi) is 4.93. The summed E-state index contributed by atoms with van der Waals surface area (Å²) in [6, 6.07) is 15.0. The fraction of sp³-hybridized carbons (Fsp3) is 0.227. The Morgan fingerprint density at radius 1 is 1.11 bits per heavy atom. The van der Waals surface area contributed by atoms with Crippen LogP contribution in [-0.2, 0) is 16.0 Å². The van der Waals surface area contributed by atoms with Crippen LogP contribution in [0.25, 0.3) is 27.5 Å². The molecule has 2 heterocycles. The molecule has 6 heteroatoms. The zero-order valence-electron chi connectivity index (χ0n) is 15.6. The van der Waals surface area contributed by atoms with Crippen molar-refractivity contribution in [2.75, 3.05) is 6.61 Å². The molecular formula is C22H21N3O3. The van der Waals surface area contributed by atoms with Gasteiger partial charge < -0.3 is 4.74 Å². The number of pyridine rings is 1. The summed E-state index contributed by atoms with van der Waals surface area (Å²) >= 11 is 0. The molecule has 2 aromatic heterocycles. The number of carbonyl (C=O) groups is 1. The monoisotopic (exact) mass is 375 g/mol. The molecule has 0 amide bonds. The van der Waals surface area contributed by atoms with Gasteiger partial charge in [0.2, 0.25) is 0 Å². The fourth-order valence-electron chi connectivity index (χ4n) is 3.20. The number of esters is 1. The highest BCUT2D eigenvalue weighted by atomic mass is 16.5. The van der Waals surface area contributed by atoms with E-state index in [0.717, 1.165) is 34.8 Å². The predicted octanol–water partition coefficient (Wildman–Crippen LogP) is 3.75. The summed E-state index contributed by atoms with van der Waals surface area (Å²) in [7, 11) is 0. The largest absolute Gasteiger partial charge is 0.465 e. The first-order chi connectivity index (χ1) is 13.7. The average Bonchev–Trinajstić information content (AvgIpc) is 3.06. The molecule has 0 bridgehead atoms. The number of hydrogen-bond donors (Lipinski definition) is 1. The maximum Gasteiger partial charge on any atom is 0.310 e. The summed E-state index contributed by atoms with van der Waals surface area (Å²) in [6.07, 6.45) is 3.69. The molecule has 0 fully saturated rings. The maximum atomic E-state index is 12.8. The number of para-hydroxylation sites is 1. The van der Waals surface area contributed by atoms with Crippen molar-refractivity contribution >= 4 is 27.8 Å². The second-order valence-electron chi connectivity index (χ2n) is 6.73. The van der Waals surface area contributed by atoms with Crippen LogP contribution in [0, 0.1) is 0 Å². The minimum absolute atomic E-state index is 0.153. The zero-order valence-corrected chi connectivity index (χ0v) is 15.6. The number of aromatic nitrogens is 3. The van der Waals surface area contributed by atoms with Crippen molar-refractivity contribution in [3.63, 3.8) is 0 Å². The molecule has 0 aliphatic rings. The lowest BCUT2D eigenvalue weighted by Gasteiger charge is -2.06. The molecule has 28 heavy (non-hydrogen) atoms. The highest BCUT2D eigenvalue weighted by molar-refractivity contribution is 6.02. The Bertz CT molecular complexity index is 1190. The summed E-state index contributed by atoms with van der Waals surface area (Å²) in [5.41, 5.74) is 2.99. The lowest BCUT2D eigenvalue weighted by atomic mass is 10.1. The first-order valence-corrected chi connectivity index (χ1v) is 9.41. The van der Waals surface area contributed by atoms with E-state index in [2.05, 4.69) is 17.0 Å². The number of nitrogens with zero attached hydrogens (tertiary/aromatic N) is 2. The first-order valence-electron chi connectivity index (χ1n) is 9.41. The summed E-state index contributed by atoms with van der Waals surface area (Å²) in [6.45, 7) is 2.51. The Balaban J connectivity index is 1.62. The Morgan fingerprint density at radius 3 is 2.68 bits per heavy atom. The van der Waals surface area contributed by atoms with E-state index in [4.69, 9.17) is 4.74 Å². The Hall–Kier alpha value is -3.41. The number of aromatic amines is 1. The number of benzene rings is 2. The number of H-pyrrole nitrogens is 1. The number of ether oxygens (including phenoxy) is 1. The molecule has 0 radical (unpaired) electrons. The van der Waals surface area contributed by atoms with E-state index in [1.807, 2.05) is 48.5 Å². The first kappa shape index (κ1) is 18.0. The fourth-order valence-corrected chi connectivity index (χ4v) is 3.20. The van der Waals surface area contributed by atoms with Gasteiger partial charge in [0.05, 0.1) is 35.1 Å². The molecular weight excluding hydrogens is 354 g/mol. The quantitative estimate of drug-likeness (QED) is 0.411. The van der Waals surface area contributed by atoms with E-state index in [0.29, 0.717) is 17.7 Å². The minimum atomic E-state index is -0.235. The lowest BCUT2D eigenvalue weighted by molar-refractivity contribution is -0.142. The molecule has 4 rings (SSSR count). The van der Waals surface area contributed by atoms with E-state index in [1.54, 1.807) is 6.20 Å². The normalized spacial score (nSPS) is 11.2. The molecule has 142 valence electrons. The van der Waals surface area contributed by atoms with Gasteiger partial charge in [-0.2, -0.15) is 0 Å². The van der Waals surface area contributed by atoms with Gasteiger partial charge in [0.1, 0.15) is 0 Å². The van der Waals surface area contributed by atoms with Gasteiger partial charge in [-0.1, -0.05) is 43.7 Å². The molecule has 0 spiro atoms. The number of carbonyl (C=O) groups excluding carboxylic acids is 1. The second kappa shape index (κ2) is 7.68. The summed E-state index contributed by atoms with van der Waals surface area (Å²) < 4.78 is 6.70. The summed E-state index contributed by atoms with van der Waals surface area (Å²) in [5.74, 6) is -0.235. The van der Waals surface area contributed by atoms with Gasteiger partial charge in [0.25, 0.3) is 5.56 Å². The van der Waals surface area contributed by atoms with Crippen molar-refractivity contribution < 1.29 is 9.53 Å². The van der Waals surface area contributed by atoms with Gasteiger partial charge in [-0.15, -0.1) is 0 Å². The van der Waals surface area contributed by atoms with Gasteiger partial charge in [0.15, 0.2) is 0 Å². The third-order valence-electron chi connectivity index (χ3n) is 4.74. The van der Waals surface area contributed by atoms with Crippen LogP contribution >= 0.6 is 0 Å². The van der Waals surface area contributed by atoms with Gasteiger partial charge in [0, 0.05) is 11.6 Å². The molecule has 0 saturated heterocycles. The smallest absolute Gasteiger partial charge is 0.310 e. The third kappa shape index (κ3) is 3.41. The van der Waals surface area contributed by atoms with Crippen LogP contribution in [0.3, 0.4) is 0 Å². The molecule has 0 aliphatic carbocycles. The van der Waals surface area contributed by atoms with Gasteiger partial charge in [-0.05, 0) is 30.2 Å². The summed E-state index contributed by atoms with van der Waals surface area (Å²) in [5, 5.41) is 4.64. The molecule has 0 aliphatic heterocycles. The average molecular weight is 375 g/mol. The topological polar surface area (TPSA) is 77.0 Å². The maximum absolute atomic E-state index is 12.8. The van der Waals surface area contributed by atoms with E-state index >= 15 is 0 Å². The molecule has 0 unspecified atom stereocenters. The minimum Gasteiger partial charge on any atom is -0.465 e. The number of nitrogens with one attached hydrogen (secondary N) is 1. The van der Waals surface area contributed by atoms with Crippen LogP contribution in [0.15, 0.2) is 59.5 Å². The number of fused-ring (bicyclic) bond motifs is 3. The van der Waals surface area contributed by atoms with Crippen molar-refractivity contribution in [1.82, 2.24) is 14.8 Å². The van der Waals surface area contributed by atoms with Crippen LogP contribution in [0.1, 0.15) is 25.3 Å². The summed E-state index contributed by atoms with van der Waals surface area (Å²) in [4.78, 5) is 29.0. The van der Waals surface area contributed by atoms with E-state index in [1.165, 1.54) is 4.68 Å². The van der Waals surface area contributed by atoms with Crippen LogP contribution in [0.4, 0.5) is 0 Å². The highest BCUT2D eigenvalue weighted by Gasteiger charge is 2.12. The van der Waals surface area contributed by atoms with Gasteiger partial charge in [-0.25, -0.2) is 4.68 Å². The SMILES string of the molecule is CCCCOC(=O)Cc1ccc(-n2[nH]c3c(cnc4ccccc43)c2=O)cc1. The molecule has 4 aromatic rings. The Morgan fingerprint density at radius 2 is 1.89 bits per heavy atom. The van der Waals surface area contributed by atoms with Crippen LogP contribution in [0.5, 0.6) is 0 Å². The van der Waals surface area contributed by atoms with Crippen molar-refractivity contribution in [3.05, 3.63) is 70.6 Å². The van der Waals surface area contributed by atoms with Crippen LogP contribution in [-0.4, -0.2) is 27.3 Å². The number of hydrogen-bond acceptors (Lipinski definition) is 4. The van der Waals surface area contributed by atoms with Crippen molar-refractivity contribution in [2.45, 2.75) is 26.2 Å². The highest BCUT2D eigenvalue weighted by Crippen LogP contribution is 2.20. The van der Waals surface area contributed by atoms with Gasteiger partial charge in [-0.3, -0.25) is 19.7 Å². The van der Waals surface area contributed by atoms with E-state index in [-0.39, 0.29) is 17.9 Å². The number of unbranched alkanes of at least 4 members (excludes halogenated alkanes) is 1. The number of rotatable bonds is 6. The van der Waals surface area contributed by atoms with Crippen LogP contribution in [0.2, 0.25) is 0 Å². The molecule has 0 saturated carbocycles. The Labute approximate surface area is 161 Å². The van der Waals surface area contributed by atoms with Crippen molar-refractivity contribution in [2.24, 2.45) is 0 Å². The van der Waals surface area contributed by atoms with Gasteiger partial charge >= 0.3 is 5.97 Å². The zero-order chi connectivity index (χ0) is 19.5. The lowest BCUT2D eigenvalue weighted by Crippen LogP contribution is -2.14.